The van der Waals surface area contributed by atoms with Gasteiger partial charge in [0.05, 0.1) is 4.92 Å². The molecule has 0 amide bonds. The Morgan fingerprint density at radius 2 is 2.11 bits per heavy atom. The summed E-state index contributed by atoms with van der Waals surface area (Å²) in [5, 5.41) is 11.1. The Bertz CT molecular complexity index is 457. The van der Waals surface area contributed by atoms with Crippen molar-refractivity contribution in [2.24, 2.45) is 0 Å². The Morgan fingerprint density at radius 3 is 2.72 bits per heavy atom. The molecule has 0 radical (unpaired) electrons. The highest BCUT2D eigenvalue weighted by molar-refractivity contribution is 8.00. The third kappa shape index (κ3) is 3.08. The van der Waals surface area contributed by atoms with Gasteiger partial charge in [0.1, 0.15) is 0 Å². The summed E-state index contributed by atoms with van der Waals surface area (Å²) in [5.41, 5.74) is 0.342. The standard InChI is InChI=1S/C12H13NO4S/c14-8-9-7-10(13(15)16)1-2-12(9)18-11-3-5-17-6-4-11/h1-2,7-8,11H,3-6H2. The maximum atomic E-state index is 11.0. The number of nitro benzene ring substituents is 1. The zero-order valence-corrected chi connectivity index (χ0v) is 10.5. The molecule has 0 unspecified atom stereocenters. The largest absolute Gasteiger partial charge is 0.381 e. The number of hydrogen-bond acceptors (Lipinski definition) is 5. The van der Waals surface area contributed by atoms with Crippen molar-refractivity contribution in [1.82, 2.24) is 0 Å². The van der Waals surface area contributed by atoms with Gasteiger partial charge in [0.2, 0.25) is 0 Å². The van der Waals surface area contributed by atoms with E-state index < -0.39 is 4.92 Å². The molecule has 1 saturated heterocycles. The van der Waals surface area contributed by atoms with Gasteiger partial charge in [-0.25, -0.2) is 0 Å². The van der Waals surface area contributed by atoms with E-state index in [1.165, 1.54) is 12.1 Å². The number of carbonyl (C=O) groups excluding carboxylic acids is 1. The van der Waals surface area contributed by atoms with Crippen molar-refractivity contribution in [2.45, 2.75) is 23.0 Å². The SMILES string of the molecule is O=Cc1cc([N+](=O)[O-])ccc1SC1CCOCC1. The van der Waals surface area contributed by atoms with Crippen LogP contribution in [0.2, 0.25) is 0 Å². The molecule has 1 aliphatic rings. The molecular formula is C12H13NO4S. The maximum absolute atomic E-state index is 11.0. The number of nitro groups is 1. The van der Waals surface area contributed by atoms with Gasteiger partial charge < -0.3 is 4.74 Å². The normalized spacial score (nSPS) is 16.4. The van der Waals surface area contributed by atoms with Crippen molar-refractivity contribution < 1.29 is 14.5 Å². The first-order chi connectivity index (χ1) is 8.70. The topological polar surface area (TPSA) is 69.4 Å². The maximum Gasteiger partial charge on any atom is 0.270 e. The fourth-order valence-electron chi connectivity index (χ4n) is 1.82. The molecule has 96 valence electrons. The summed E-state index contributed by atoms with van der Waals surface area (Å²) >= 11 is 1.60. The molecule has 1 aliphatic heterocycles. The lowest BCUT2D eigenvalue weighted by atomic mass is 10.2. The van der Waals surface area contributed by atoms with E-state index >= 15 is 0 Å². The molecule has 1 aromatic rings. The van der Waals surface area contributed by atoms with Crippen LogP contribution < -0.4 is 0 Å². The lowest BCUT2D eigenvalue weighted by molar-refractivity contribution is -0.384. The zero-order chi connectivity index (χ0) is 13.0. The van der Waals surface area contributed by atoms with Gasteiger partial charge in [0.15, 0.2) is 6.29 Å². The van der Waals surface area contributed by atoms with Crippen LogP contribution in [-0.2, 0) is 4.74 Å². The Hall–Kier alpha value is -1.40. The molecule has 1 heterocycles. The third-order valence-electron chi connectivity index (χ3n) is 2.79. The Labute approximate surface area is 109 Å². The van der Waals surface area contributed by atoms with Gasteiger partial charge in [-0.1, -0.05) is 0 Å². The van der Waals surface area contributed by atoms with Crippen LogP contribution in [0.15, 0.2) is 23.1 Å². The number of benzene rings is 1. The third-order valence-corrected chi connectivity index (χ3v) is 4.22. The average Bonchev–Trinajstić information content (AvgIpc) is 2.40. The summed E-state index contributed by atoms with van der Waals surface area (Å²) in [4.78, 5) is 21.9. The summed E-state index contributed by atoms with van der Waals surface area (Å²) in [6.07, 6.45) is 2.56. The molecule has 18 heavy (non-hydrogen) atoms. The van der Waals surface area contributed by atoms with Crippen LogP contribution in [0.4, 0.5) is 5.69 Å². The van der Waals surface area contributed by atoms with Gasteiger partial charge in [0.25, 0.3) is 5.69 Å². The fourth-order valence-corrected chi connectivity index (χ4v) is 3.00. The highest BCUT2D eigenvalue weighted by Gasteiger charge is 2.18. The van der Waals surface area contributed by atoms with E-state index in [9.17, 15) is 14.9 Å². The van der Waals surface area contributed by atoms with E-state index in [1.54, 1.807) is 17.8 Å². The van der Waals surface area contributed by atoms with E-state index in [-0.39, 0.29) is 5.69 Å². The summed E-state index contributed by atoms with van der Waals surface area (Å²) in [6, 6.07) is 4.42. The van der Waals surface area contributed by atoms with Crippen LogP contribution >= 0.6 is 11.8 Å². The molecule has 0 atom stereocenters. The van der Waals surface area contributed by atoms with Crippen molar-refractivity contribution in [3.05, 3.63) is 33.9 Å². The Kier molecular flexibility index (Phi) is 4.33. The molecule has 0 aromatic heterocycles. The van der Waals surface area contributed by atoms with Crippen molar-refractivity contribution in [3.8, 4) is 0 Å². The van der Waals surface area contributed by atoms with Crippen molar-refractivity contribution >= 4 is 23.7 Å². The first-order valence-corrected chi connectivity index (χ1v) is 6.56. The smallest absolute Gasteiger partial charge is 0.270 e. The second kappa shape index (κ2) is 5.97. The minimum absolute atomic E-state index is 0.0478. The molecule has 2 rings (SSSR count). The first kappa shape index (κ1) is 13.0. The summed E-state index contributed by atoms with van der Waals surface area (Å²) in [5.74, 6) is 0. The summed E-state index contributed by atoms with van der Waals surface area (Å²) in [6.45, 7) is 1.47. The average molecular weight is 267 g/mol. The van der Waals surface area contributed by atoms with Gasteiger partial charge in [0, 0.05) is 41.1 Å². The van der Waals surface area contributed by atoms with Crippen LogP contribution in [0.5, 0.6) is 0 Å². The van der Waals surface area contributed by atoms with Gasteiger partial charge in [-0.2, -0.15) is 0 Å². The Balaban J connectivity index is 2.16. The molecule has 0 spiro atoms. The first-order valence-electron chi connectivity index (χ1n) is 5.68. The minimum atomic E-state index is -0.490. The molecule has 1 aromatic carbocycles. The number of nitrogens with zero attached hydrogens (tertiary/aromatic N) is 1. The fraction of sp³-hybridized carbons (Fsp3) is 0.417. The molecule has 0 bridgehead atoms. The molecule has 0 saturated carbocycles. The minimum Gasteiger partial charge on any atom is -0.381 e. The van der Waals surface area contributed by atoms with E-state index in [0.717, 1.165) is 31.0 Å². The predicted octanol–water partition coefficient (Wildman–Crippen LogP) is 2.68. The molecule has 5 nitrogen and oxygen atoms in total. The van der Waals surface area contributed by atoms with E-state index in [0.29, 0.717) is 17.1 Å². The van der Waals surface area contributed by atoms with Crippen molar-refractivity contribution in [3.63, 3.8) is 0 Å². The lowest BCUT2D eigenvalue weighted by Gasteiger charge is -2.21. The quantitative estimate of drug-likeness (QED) is 0.476. The number of hydrogen-bond donors (Lipinski definition) is 0. The molecule has 0 aliphatic carbocycles. The van der Waals surface area contributed by atoms with Crippen LogP contribution in [0.3, 0.4) is 0 Å². The molecule has 1 fully saturated rings. The molecule has 6 heteroatoms. The second-order valence-corrected chi connectivity index (χ2v) is 5.37. The zero-order valence-electron chi connectivity index (χ0n) is 9.70. The van der Waals surface area contributed by atoms with Gasteiger partial charge in [-0.05, 0) is 18.9 Å². The number of rotatable bonds is 4. The Morgan fingerprint density at radius 1 is 1.39 bits per heavy atom. The van der Waals surface area contributed by atoms with Crippen LogP contribution in [0, 0.1) is 10.1 Å². The van der Waals surface area contributed by atoms with Gasteiger partial charge in [-0.3, -0.25) is 14.9 Å². The monoisotopic (exact) mass is 267 g/mol. The molecule has 0 N–H and O–H groups in total. The summed E-state index contributed by atoms with van der Waals surface area (Å²) in [7, 11) is 0. The number of non-ortho nitro benzene ring substituents is 1. The predicted molar refractivity (Wildman–Crippen MR) is 68.2 cm³/mol. The van der Waals surface area contributed by atoms with Crippen molar-refractivity contribution in [1.29, 1.82) is 0 Å². The highest BCUT2D eigenvalue weighted by Crippen LogP contribution is 2.33. The van der Waals surface area contributed by atoms with Gasteiger partial charge in [-0.15, -0.1) is 11.8 Å². The van der Waals surface area contributed by atoms with Crippen LogP contribution in [-0.4, -0.2) is 29.7 Å². The number of carbonyl (C=O) groups is 1. The van der Waals surface area contributed by atoms with E-state index in [1.807, 2.05) is 0 Å². The van der Waals surface area contributed by atoms with Crippen LogP contribution in [0.25, 0.3) is 0 Å². The highest BCUT2D eigenvalue weighted by atomic mass is 32.2. The number of aldehydes is 1. The lowest BCUT2D eigenvalue weighted by Crippen LogP contribution is -2.17. The van der Waals surface area contributed by atoms with E-state index in [4.69, 9.17) is 4.74 Å². The van der Waals surface area contributed by atoms with E-state index in [2.05, 4.69) is 0 Å². The number of ether oxygens (including phenoxy) is 1. The number of thioether (sulfide) groups is 1. The molecular weight excluding hydrogens is 254 g/mol. The summed E-state index contributed by atoms with van der Waals surface area (Å²) < 4.78 is 5.27. The second-order valence-electron chi connectivity index (χ2n) is 4.03. The van der Waals surface area contributed by atoms with Crippen LogP contribution in [0.1, 0.15) is 23.2 Å². The van der Waals surface area contributed by atoms with Crippen molar-refractivity contribution in [2.75, 3.05) is 13.2 Å². The van der Waals surface area contributed by atoms with Gasteiger partial charge >= 0.3 is 0 Å².